The Bertz CT molecular complexity index is 670. The third kappa shape index (κ3) is 5.79. The maximum absolute atomic E-state index is 12.0. The molecule has 8 heteroatoms. The molecule has 0 fully saturated rings. The predicted octanol–water partition coefficient (Wildman–Crippen LogP) is 4.54. The Morgan fingerprint density at radius 2 is 1.67 bits per heavy atom. The lowest BCUT2D eigenvalue weighted by Crippen LogP contribution is -2.17. The molecule has 0 bridgehead atoms. The van der Waals surface area contributed by atoms with Gasteiger partial charge in [0.15, 0.2) is 0 Å². The Kier molecular flexibility index (Phi) is 5.62. The van der Waals surface area contributed by atoms with E-state index < -0.39 is 11.3 Å². The number of hydrogen-bond acceptors (Lipinski definition) is 4. The lowest BCUT2D eigenvalue weighted by atomic mass is 10.1. The Morgan fingerprint density at radius 3 is 2.21 bits per heavy atom. The number of ether oxygens (including phenoxy) is 1. The second-order valence-corrected chi connectivity index (χ2v) is 5.03. The molecule has 0 aliphatic heterocycles. The van der Waals surface area contributed by atoms with Crippen molar-refractivity contribution in [2.24, 2.45) is 0 Å². The summed E-state index contributed by atoms with van der Waals surface area (Å²) in [6, 6.07) is 11.8. The number of rotatable bonds is 7. The predicted molar refractivity (Wildman–Crippen MR) is 83.0 cm³/mol. The molecule has 2 aromatic carbocycles. The molecule has 0 amide bonds. The van der Waals surface area contributed by atoms with E-state index in [2.05, 4.69) is 10.1 Å². The number of halogens is 3. The zero-order valence-electron chi connectivity index (χ0n) is 12.5. The molecule has 0 aliphatic rings. The van der Waals surface area contributed by atoms with Crippen molar-refractivity contribution >= 4 is 11.4 Å². The summed E-state index contributed by atoms with van der Waals surface area (Å²) in [5.74, 6) is -0.265. The van der Waals surface area contributed by atoms with Gasteiger partial charge < -0.3 is 10.1 Å². The first-order valence-corrected chi connectivity index (χ1v) is 7.16. The molecule has 0 aromatic heterocycles. The standard InChI is InChI=1S/C16H15F3N2O3/c17-16(18,19)24-15-9-5-13(6-10-15)20-11-1-2-12-3-7-14(8-4-12)21(22)23/h3-10,20H,1-2,11H2. The molecule has 24 heavy (non-hydrogen) atoms. The highest BCUT2D eigenvalue weighted by Crippen LogP contribution is 2.24. The molecule has 0 saturated heterocycles. The molecule has 0 unspecified atom stereocenters. The fraction of sp³-hybridized carbons (Fsp3) is 0.250. The highest BCUT2D eigenvalue weighted by molar-refractivity contribution is 5.46. The maximum Gasteiger partial charge on any atom is 0.573 e. The Balaban J connectivity index is 1.75. The van der Waals surface area contributed by atoms with Crippen LogP contribution in [0.15, 0.2) is 48.5 Å². The van der Waals surface area contributed by atoms with Crippen LogP contribution in [0.1, 0.15) is 12.0 Å². The van der Waals surface area contributed by atoms with Gasteiger partial charge in [-0.15, -0.1) is 13.2 Å². The molecule has 1 N–H and O–H groups in total. The van der Waals surface area contributed by atoms with Gasteiger partial charge in [0.25, 0.3) is 5.69 Å². The second-order valence-electron chi connectivity index (χ2n) is 5.03. The van der Waals surface area contributed by atoms with Crippen LogP contribution >= 0.6 is 0 Å². The summed E-state index contributed by atoms with van der Waals surface area (Å²) >= 11 is 0. The molecule has 0 atom stereocenters. The van der Waals surface area contributed by atoms with Crippen LogP contribution in [0.4, 0.5) is 24.5 Å². The second kappa shape index (κ2) is 7.67. The normalized spacial score (nSPS) is 11.1. The van der Waals surface area contributed by atoms with Gasteiger partial charge in [0.1, 0.15) is 5.75 Å². The summed E-state index contributed by atoms with van der Waals surface area (Å²) < 4.78 is 39.9. The summed E-state index contributed by atoms with van der Waals surface area (Å²) in [7, 11) is 0. The molecular formula is C16H15F3N2O3. The lowest BCUT2D eigenvalue weighted by molar-refractivity contribution is -0.384. The highest BCUT2D eigenvalue weighted by atomic mass is 19.4. The minimum Gasteiger partial charge on any atom is -0.406 e. The average Bonchev–Trinajstić information content (AvgIpc) is 2.52. The van der Waals surface area contributed by atoms with Crippen molar-refractivity contribution < 1.29 is 22.8 Å². The third-order valence-corrected chi connectivity index (χ3v) is 3.21. The Hall–Kier alpha value is -2.77. The number of nitro benzene ring substituents is 1. The minimum atomic E-state index is -4.69. The largest absolute Gasteiger partial charge is 0.573 e. The number of non-ortho nitro benzene ring substituents is 1. The minimum absolute atomic E-state index is 0.0537. The van der Waals surface area contributed by atoms with E-state index in [1.54, 1.807) is 12.1 Å². The first-order valence-electron chi connectivity index (χ1n) is 7.16. The van der Waals surface area contributed by atoms with Gasteiger partial charge in [0, 0.05) is 24.4 Å². The van der Waals surface area contributed by atoms with Gasteiger partial charge in [-0.25, -0.2) is 0 Å². The van der Waals surface area contributed by atoms with E-state index in [-0.39, 0.29) is 11.4 Å². The molecule has 0 spiro atoms. The van der Waals surface area contributed by atoms with Crippen molar-refractivity contribution in [1.82, 2.24) is 0 Å². The molecule has 128 valence electrons. The van der Waals surface area contributed by atoms with Gasteiger partial charge >= 0.3 is 6.36 Å². The van der Waals surface area contributed by atoms with Gasteiger partial charge in [-0.05, 0) is 42.7 Å². The van der Waals surface area contributed by atoms with E-state index in [4.69, 9.17) is 0 Å². The first-order chi connectivity index (χ1) is 11.3. The van der Waals surface area contributed by atoms with Crippen LogP contribution in [-0.4, -0.2) is 17.8 Å². The quantitative estimate of drug-likeness (QED) is 0.457. The van der Waals surface area contributed by atoms with Crippen molar-refractivity contribution in [3.8, 4) is 5.75 Å². The van der Waals surface area contributed by atoms with Crippen LogP contribution in [-0.2, 0) is 6.42 Å². The first kappa shape index (κ1) is 17.6. The average molecular weight is 340 g/mol. The van der Waals surface area contributed by atoms with Crippen molar-refractivity contribution in [2.45, 2.75) is 19.2 Å². The van der Waals surface area contributed by atoms with Crippen LogP contribution < -0.4 is 10.1 Å². The molecule has 0 aliphatic carbocycles. The number of hydrogen-bond donors (Lipinski definition) is 1. The summed E-state index contributed by atoms with van der Waals surface area (Å²) in [5.41, 5.74) is 1.72. The van der Waals surface area contributed by atoms with Gasteiger partial charge in [0.05, 0.1) is 4.92 Å². The van der Waals surface area contributed by atoms with Crippen LogP contribution in [0.3, 0.4) is 0 Å². The number of alkyl halides is 3. The maximum atomic E-state index is 12.0. The number of benzene rings is 2. The van der Waals surface area contributed by atoms with E-state index in [0.29, 0.717) is 12.2 Å². The zero-order valence-corrected chi connectivity index (χ0v) is 12.5. The van der Waals surface area contributed by atoms with Gasteiger partial charge in [-0.2, -0.15) is 0 Å². The monoisotopic (exact) mass is 340 g/mol. The van der Waals surface area contributed by atoms with Gasteiger partial charge in [-0.3, -0.25) is 10.1 Å². The zero-order chi connectivity index (χ0) is 17.6. The smallest absolute Gasteiger partial charge is 0.406 e. The van der Waals surface area contributed by atoms with E-state index in [0.717, 1.165) is 18.4 Å². The molecule has 5 nitrogen and oxygen atoms in total. The van der Waals surface area contributed by atoms with E-state index in [1.165, 1.54) is 36.4 Å². The van der Waals surface area contributed by atoms with E-state index >= 15 is 0 Å². The number of nitro groups is 1. The fourth-order valence-electron chi connectivity index (χ4n) is 2.08. The van der Waals surface area contributed by atoms with Gasteiger partial charge in [0.2, 0.25) is 0 Å². The number of aryl methyl sites for hydroxylation is 1. The summed E-state index contributed by atoms with van der Waals surface area (Å²) in [5, 5.41) is 13.6. The third-order valence-electron chi connectivity index (χ3n) is 3.21. The molecule has 0 saturated carbocycles. The number of nitrogens with one attached hydrogen (secondary N) is 1. The van der Waals surface area contributed by atoms with Gasteiger partial charge in [-0.1, -0.05) is 12.1 Å². The topological polar surface area (TPSA) is 64.4 Å². The summed E-state index contributed by atoms with van der Waals surface area (Å²) in [6.07, 6.45) is -3.18. The molecular weight excluding hydrogens is 325 g/mol. The number of anilines is 1. The van der Waals surface area contributed by atoms with Crippen LogP contribution in [0.25, 0.3) is 0 Å². The van der Waals surface area contributed by atoms with E-state index in [1.807, 2.05) is 0 Å². The fourth-order valence-corrected chi connectivity index (χ4v) is 2.08. The van der Waals surface area contributed by atoms with Crippen molar-refractivity contribution in [3.63, 3.8) is 0 Å². The summed E-state index contributed by atoms with van der Waals surface area (Å²) in [6.45, 7) is 0.621. The Morgan fingerprint density at radius 1 is 1.04 bits per heavy atom. The van der Waals surface area contributed by atoms with E-state index in [9.17, 15) is 23.3 Å². The molecule has 0 radical (unpaired) electrons. The molecule has 2 rings (SSSR count). The van der Waals surface area contributed by atoms with Crippen molar-refractivity contribution in [1.29, 1.82) is 0 Å². The van der Waals surface area contributed by atoms with Crippen LogP contribution in [0.5, 0.6) is 5.75 Å². The van der Waals surface area contributed by atoms with Crippen LogP contribution in [0.2, 0.25) is 0 Å². The SMILES string of the molecule is O=[N+]([O-])c1ccc(CCCNc2ccc(OC(F)(F)F)cc2)cc1. The van der Waals surface area contributed by atoms with Crippen LogP contribution in [0, 0.1) is 10.1 Å². The lowest BCUT2D eigenvalue weighted by Gasteiger charge is -2.10. The Labute approximate surface area is 136 Å². The summed E-state index contributed by atoms with van der Waals surface area (Å²) in [4.78, 5) is 10.1. The van der Waals surface area contributed by atoms with Crippen molar-refractivity contribution in [2.75, 3.05) is 11.9 Å². The molecule has 2 aromatic rings. The molecule has 0 heterocycles. The number of nitrogens with zero attached hydrogens (tertiary/aromatic N) is 1. The highest BCUT2D eigenvalue weighted by Gasteiger charge is 2.30. The van der Waals surface area contributed by atoms with Crippen molar-refractivity contribution in [3.05, 3.63) is 64.2 Å².